The molecule has 1 saturated heterocycles. The number of hydrogen-bond donors (Lipinski definition) is 3. The fourth-order valence-corrected chi connectivity index (χ4v) is 5.73. The first-order valence-corrected chi connectivity index (χ1v) is 14.2. The van der Waals surface area contributed by atoms with Gasteiger partial charge >= 0.3 is 5.69 Å². The molecule has 1 aromatic heterocycles. The molecular formula is C34H36N2O8. The Morgan fingerprint density at radius 1 is 0.955 bits per heavy atom. The second kappa shape index (κ2) is 12.6. The first kappa shape index (κ1) is 31.0. The highest BCUT2D eigenvalue weighted by molar-refractivity contribution is 5.49. The lowest BCUT2D eigenvalue weighted by Crippen LogP contribution is -2.50. The molecule has 5 rings (SSSR count). The van der Waals surface area contributed by atoms with Gasteiger partial charge < -0.3 is 29.2 Å². The monoisotopic (exact) mass is 600 g/mol. The summed E-state index contributed by atoms with van der Waals surface area (Å²) in [7, 11) is 3.18. The van der Waals surface area contributed by atoms with E-state index in [4.69, 9.17) is 18.9 Å². The molecule has 1 aliphatic heterocycles. The van der Waals surface area contributed by atoms with E-state index in [0.717, 1.165) is 21.3 Å². The van der Waals surface area contributed by atoms with Crippen molar-refractivity contribution in [3.05, 3.63) is 141 Å². The van der Waals surface area contributed by atoms with Gasteiger partial charge in [-0.3, -0.25) is 14.3 Å². The number of rotatable bonds is 11. The average molecular weight is 601 g/mol. The van der Waals surface area contributed by atoms with Crippen molar-refractivity contribution < 1.29 is 29.2 Å². The largest absolute Gasteiger partial charge is 0.497 e. The van der Waals surface area contributed by atoms with Crippen molar-refractivity contribution in [1.82, 2.24) is 9.55 Å². The van der Waals surface area contributed by atoms with E-state index < -0.39 is 40.9 Å². The molecule has 0 radical (unpaired) electrons. The van der Waals surface area contributed by atoms with E-state index in [9.17, 15) is 19.8 Å². The lowest BCUT2D eigenvalue weighted by Gasteiger charge is -2.38. The van der Waals surface area contributed by atoms with Gasteiger partial charge in [0.05, 0.1) is 20.8 Å². The van der Waals surface area contributed by atoms with E-state index in [-0.39, 0.29) is 18.6 Å². The van der Waals surface area contributed by atoms with Crippen LogP contribution in [0.5, 0.6) is 11.5 Å². The number of H-pyrrole nitrogens is 1. The Morgan fingerprint density at radius 2 is 1.50 bits per heavy atom. The molecule has 3 aromatic carbocycles. The van der Waals surface area contributed by atoms with Gasteiger partial charge in [0.15, 0.2) is 6.23 Å². The van der Waals surface area contributed by atoms with Gasteiger partial charge in [-0.2, -0.15) is 0 Å². The summed E-state index contributed by atoms with van der Waals surface area (Å²) in [5.74, 6) is 1.33. The van der Waals surface area contributed by atoms with Crippen LogP contribution in [0.3, 0.4) is 0 Å². The fourth-order valence-electron chi connectivity index (χ4n) is 5.73. The van der Waals surface area contributed by atoms with Gasteiger partial charge in [0.1, 0.15) is 34.9 Å². The van der Waals surface area contributed by atoms with Crippen molar-refractivity contribution in [2.75, 3.05) is 20.8 Å². The molecule has 0 bridgehead atoms. The molecular weight excluding hydrogens is 564 g/mol. The molecule has 0 amide bonds. The molecule has 0 saturated carbocycles. The number of aliphatic hydroxyl groups excluding tert-OH is 1. The third-order valence-corrected chi connectivity index (χ3v) is 8.16. The Balaban J connectivity index is 1.62. The van der Waals surface area contributed by atoms with E-state index in [0.29, 0.717) is 11.5 Å². The van der Waals surface area contributed by atoms with Gasteiger partial charge in [-0.1, -0.05) is 60.7 Å². The predicted molar refractivity (Wildman–Crippen MR) is 164 cm³/mol. The van der Waals surface area contributed by atoms with E-state index in [1.807, 2.05) is 78.9 Å². The second-order valence-corrected chi connectivity index (χ2v) is 10.7. The lowest BCUT2D eigenvalue weighted by atomic mass is 9.79. The molecule has 3 N–H and O–H groups in total. The Morgan fingerprint density at radius 3 is 2.02 bits per heavy atom. The number of nitrogens with one attached hydrogen (secondary N) is 1. The van der Waals surface area contributed by atoms with Crippen molar-refractivity contribution in [3.63, 3.8) is 0 Å². The number of aromatic amines is 1. The lowest BCUT2D eigenvalue weighted by molar-refractivity contribution is -0.123. The number of hydrogen-bond acceptors (Lipinski definition) is 8. The highest BCUT2D eigenvalue weighted by atomic mass is 16.6. The Hall–Kier alpha value is -4.48. The van der Waals surface area contributed by atoms with Gasteiger partial charge in [-0.05, 0) is 54.3 Å². The number of benzene rings is 3. The summed E-state index contributed by atoms with van der Waals surface area (Å²) < 4.78 is 25.0. The smallest absolute Gasteiger partial charge is 0.330 e. The summed E-state index contributed by atoms with van der Waals surface area (Å²) in [6.45, 7) is 5.08. The maximum Gasteiger partial charge on any atom is 0.330 e. The maximum absolute atomic E-state index is 12.7. The number of aliphatic hydroxyl groups is 2. The number of aryl methyl sites for hydroxylation is 1. The summed E-state index contributed by atoms with van der Waals surface area (Å²) >= 11 is 0. The molecule has 0 aliphatic carbocycles. The maximum atomic E-state index is 12.7. The number of aromatic nitrogens is 2. The Kier molecular flexibility index (Phi) is 8.89. The van der Waals surface area contributed by atoms with Crippen molar-refractivity contribution in [3.8, 4) is 11.5 Å². The van der Waals surface area contributed by atoms with Crippen LogP contribution < -0.4 is 20.7 Å². The van der Waals surface area contributed by atoms with Gasteiger partial charge in [0.25, 0.3) is 5.56 Å². The fraction of sp³-hybridized carbons (Fsp3) is 0.294. The van der Waals surface area contributed by atoms with E-state index in [1.165, 1.54) is 19.2 Å². The van der Waals surface area contributed by atoms with Crippen molar-refractivity contribution >= 4 is 0 Å². The SMILES string of the molecule is C=CC[C@@]1(O)[C@@H](COC(c2ccccc2)(c2ccc(OC)cc2)c2ccc(OC)cc2)O[C@@H](n2cc(C)c(=O)[nH]c2=O)[C@@H]1O. The van der Waals surface area contributed by atoms with Crippen LogP contribution in [0.25, 0.3) is 0 Å². The molecule has 44 heavy (non-hydrogen) atoms. The first-order chi connectivity index (χ1) is 21.2. The minimum absolute atomic E-state index is 0.0564. The molecule has 2 heterocycles. The van der Waals surface area contributed by atoms with Gasteiger partial charge in [0.2, 0.25) is 0 Å². The minimum atomic E-state index is -1.88. The molecule has 230 valence electrons. The third-order valence-electron chi connectivity index (χ3n) is 8.16. The van der Waals surface area contributed by atoms with Crippen molar-refractivity contribution in [1.29, 1.82) is 0 Å². The number of methoxy groups -OCH3 is 2. The average Bonchev–Trinajstić information content (AvgIpc) is 3.29. The van der Waals surface area contributed by atoms with Gasteiger partial charge in [-0.25, -0.2) is 4.79 Å². The molecule has 10 nitrogen and oxygen atoms in total. The van der Waals surface area contributed by atoms with Crippen LogP contribution in [0.15, 0.2) is 107 Å². The standard InChI is InChI=1S/C34H36N2O8/c1-5-19-33(40)28(44-31(29(33)37)36-20-22(2)30(38)35-32(36)39)21-43-34(23-9-7-6-8-10-23,24-11-15-26(41-3)16-12-24)25-13-17-27(42-4)18-14-25/h5-18,20,28-29,31,37,40H,1,19,21H2,2-4H3,(H,35,38,39)/t28-,29+,31-,33-/m1/s1. The summed E-state index contributed by atoms with van der Waals surface area (Å²) in [5, 5.41) is 23.3. The predicted octanol–water partition coefficient (Wildman–Crippen LogP) is 3.44. The molecule has 10 heteroatoms. The van der Waals surface area contributed by atoms with Crippen LogP contribution in [-0.4, -0.2) is 58.4 Å². The second-order valence-electron chi connectivity index (χ2n) is 10.7. The third kappa shape index (κ3) is 5.48. The van der Waals surface area contributed by atoms with Gasteiger partial charge in [-0.15, -0.1) is 6.58 Å². The van der Waals surface area contributed by atoms with Crippen LogP contribution >= 0.6 is 0 Å². The highest BCUT2D eigenvalue weighted by Gasteiger charge is 2.56. The topological polar surface area (TPSA) is 132 Å². The zero-order valence-corrected chi connectivity index (χ0v) is 24.8. The van der Waals surface area contributed by atoms with E-state index in [1.54, 1.807) is 14.2 Å². The van der Waals surface area contributed by atoms with Crippen molar-refractivity contribution in [2.24, 2.45) is 0 Å². The number of ether oxygens (including phenoxy) is 4. The minimum Gasteiger partial charge on any atom is -0.497 e. The Labute approximate surface area is 254 Å². The first-order valence-electron chi connectivity index (χ1n) is 14.2. The molecule has 1 fully saturated rings. The zero-order chi connectivity index (χ0) is 31.5. The van der Waals surface area contributed by atoms with Gasteiger partial charge in [0, 0.05) is 11.8 Å². The van der Waals surface area contributed by atoms with Crippen LogP contribution in [0.2, 0.25) is 0 Å². The molecule has 4 aromatic rings. The summed E-state index contributed by atoms with van der Waals surface area (Å²) in [6.07, 6.45) is -1.25. The molecule has 1 aliphatic rings. The molecule has 0 unspecified atom stereocenters. The summed E-state index contributed by atoms with van der Waals surface area (Å²) in [4.78, 5) is 27.0. The summed E-state index contributed by atoms with van der Waals surface area (Å²) in [5.41, 5.74) is -1.84. The zero-order valence-electron chi connectivity index (χ0n) is 24.8. The Bertz CT molecular complexity index is 1650. The summed E-state index contributed by atoms with van der Waals surface area (Å²) in [6, 6.07) is 24.6. The number of nitrogens with zero attached hydrogens (tertiary/aromatic N) is 1. The molecule has 0 spiro atoms. The quantitative estimate of drug-likeness (QED) is 0.176. The normalized spacial score (nSPS) is 21.6. The molecule has 4 atom stereocenters. The van der Waals surface area contributed by atoms with E-state index >= 15 is 0 Å². The van der Waals surface area contributed by atoms with Crippen molar-refractivity contribution in [2.45, 2.75) is 43.0 Å². The van der Waals surface area contributed by atoms with Crippen LogP contribution in [0, 0.1) is 6.92 Å². The van der Waals surface area contributed by atoms with Crippen LogP contribution in [-0.2, 0) is 15.1 Å². The van der Waals surface area contributed by atoms with E-state index in [2.05, 4.69) is 11.6 Å². The van der Waals surface area contributed by atoms with Crippen LogP contribution in [0.4, 0.5) is 0 Å². The van der Waals surface area contributed by atoms with Crippen LogP contribution in [0.1, 0.15) is 34.9 Å². The highest BCUT2D eigenvalue weighted by Crippen LogP contribution is 2.45.